The van der Waals surface area contributed by atoms with Crippen LogP contribution < -0.4 is 5.32 Å². The number of hydrogen-bond donors (Lipinski definition) is 1. The van der Waals surface area contributed by atoms with Crippen LogP contribution in [0.1, 0.15) is 12.7 Å². The number of nitrogens with one attached hydrogen (secondary N) is 1. The quantitative estimate of drug-likeness (QED) is 0.840. The van der Waals surface area contributed by atoms with Crippen molar-refractivity contribution in [3.8, 4) is 0 Å². The van der Waals surface area contributed by atoms with E-state index in [1.165, 1.54) is 24.3 Å². The Kier molecular flexibility index (Phi) is 5.11. The topological polar surface area (TPSA) is 47.0 Å². The third kappa shape index (κ3) is 4.03. The molecular weight excluding hydrogens is 304 g/mol. The molecule has 1 aromatic carbocycles. The minimum atomic E-state index is -0.435. The van der Waals surface area contributed by atoms with E-state index in [2.05, 4.69) is 15.3 Å². The molecule has 20 heavy (non-hydrogen) atoms. The lowest BCUT2D eigenvalue weighted by Gasteiger charge is -2.09. The van der Waals surface area contributed by atoms with Gasteiger partial charge in [0.1, 0.15) is 23.4 Å². The van der Waals surface area contributed by atoms with E-state index in [9.17, 15) is 4.39 Å². The van der Waals surface area contributed by atoms with Crippen LogP contribution in [-0.2, 0) is 11.3 Å². The van der Waals surface area contributed by atoms with Crippen molar-refractivity contribution in [2.75, 3.05) is 11.9 Å². The highest BCUT2D eigenvalue weighted by atomic mass is 35.5. The molecule has 0 atom stereocenters. The molecule has 2 rings (SSSR count). The fourth-order valence-corrected chi connectivity index (χ4v) is 1.89. The van der Waals surface area contributed by atoms with Crippen LogP contribution in [0, 0.1) is 5.82 Å². The average molecular weight is 316 g/mol. The number of rotatable bonds is 5. The van der Waals surface area contributed by atoms with Gasteiger partial charge in [0.05, 0.1) is 5.69 Å². The van der Waals surface area contributed by atoms with Crippen molar-refractivity contribution in [2.24, 2.45) is 0 Å². The maximum absolute atomic E-state index is 13.6. The predicted molar refractivity (Wildman–Crippen MR) is 77.1 cm³/mol. The summed E-state index contributed by atoms with van der Waals surface area (Å²) >= 11 is 11.7. The summed E-state index contributed by atoms with van der Waals surface area (Å²) in [5, 5.41) is 3.49. The first-order valence-electron chi connectivity index (χ1n) is 5.91. The second-order valence-electron chi connectivity index (χ2n) is 3.88. The molecular formula is C13H12Cl2FN3O. The fourth-order valence-electron chi connectivity index (χ4n) is 1.52. The van der Waals surface area contributed by atoms with Gasteiger partial charge in [0, 0.05) is 17.7 Å². The Morgan fingerprint density at radius 2 is 2.05 bits per heavy atom. The third-order valence-corrected chi connectivity index (χ3v) is 2.80. The number of ether oxygens (including phenoxy) is 1. The van der Waals surface area contributed by atoms with Gasteiger partial charge in [0.15, 0.2) is 5.82 Å². The van der Waals surface area contributed by atoms with Crippen molar-refractivity contribution < 1.29 is 9.13 Å². The monoisotopic (exact) mass is 315 g/mol. The van der Waals surface area contributed by atoms with Crippen LogP contribution >= 0.6 is 23.2 Å². The first-order chi connectivity index (χ1) is 9.58. The summed E-state index contributed by atoms with van der Waals surface area (Å²) in [6, 6.07) is 5.70. The Morgan fingerprint density at radius 3 is 2.80 bits per heavy atom. The van der Waals surface area contributed by atoms with Crippen LogP contribution in [0.15, 0.2) is 24.3 Å². The van der Waals surface area contributed by atoms with Crippen LogP contribution in [0.2, 0.25) is 10.2 Å². The van der Waals surface area contributed by atoms with Gasteiger partial charge in [-0.3, -0.25) is 0 Å². The first-order valence-corrected chi connectivity index (χ1v) is 6.67. The molecule has 1 aromatic heterocycles. The normalized spacial score (nSPS) is 10.6. The Hall–Kier alpha value is -1.43. The number of nitrogens with zero attached hydrogens (tertiary/aromatic N) is 2. The maximum Gasteiger partial charge on any atom is 0.158 e. The van der Waals surface area contributed by atoms with Crippen LogP contribution in [0.3, 0.4) is 0 Å². The van der Waals surface area contributed by atoms with E-state index in [0.29, 0.717) is 23.3 Å². The molecule has 0 amide bonds. The Morgan fingerprint density at radius 1 is 1.25 bits per heavy atom. The molecule has 1 N–H and O–H groups in total. The van der Waals surface area contributed by atoms with Crippen molar-refractivity contribution in [3.63, 3.8) is 0 Å². The second-order valence-corrected chi connectivity index (χ2v) is 4.70. The molecule has 106 valence electrons. The lowest BCUT2D eigenvalue weighted by Crippen LogP contribution is -2.03. The van der Waals surface area contributed by atoms with Crippen molar-refractivity contribution in [1.82, 2.24) is 9.97 Å². The molecule has 0 aliphatic carbocycles. The summed E-state index contributed by atoms with van der Waals surface area (Å²) in [5.74, 6) is 0.362. The zero-order valence-electron chi connectivity index (χ0n) is 10.7. The molecule has 4 nitrogen and oxygen atoms in total. The van der Waals surface area contributed by atoms with Gasteiger partial charge in [-0.05, 0) is 25.1 Å². The van der Waals surface area contributed by atoms with Crippen molar-refractivity contribution >= 4 is 34.7 Å². The highest BCUT2D eigenvalue weighted by molar-refractivity contribution is 6.31. The number of anilines is 2. The van der Waals surface area contributed by atoms with Gasteiger partial charge in [-0.1, -0.05) is 23.2 Å². The van der Waals surface area contributed by atoms with E-state index in [4.69, 9.17) is 27.9 Å². The average Bonchev–Trinajstić information content (AvgIpc) is 2.40. The summed E-state index contributed by atoms with van der Waals surface area (Å²) in [5.41, 5.74) is 0.217. The molecule has 2 aromatic rings. The molecule has 0 saturated carbocycles. The molecule has 0 saturated heterocycles. The molecule has 0 aliphatic heterocycles. The summed E-state index contributed by atoms with van der Waals surface area (Å²) in [4.78, 5) is 8.22. The zero-order chi connectivity index (χ0) is 14.5. The molecule has 0 unspecified atom stereocenters. The molecule has 0 fully saturated rings. The van der Waals surface area contributed by atoms with Crippen LogP contribution in [0.25, 0.3) is 0 Å². The van der Waals surface area contributed by atoms with Gasteiger partial charge in [-0.2, -0.15) is 0 Å². The Labute approximate surface area is 125 Å². The van der Waals surface area contributed by atoms with E-state index < -0.39 is 5.82 Å². The smallest absolute Gasteiger partial charge is 0.158 e. The molecule has 0 aliphatic rings. The molecule has 0 bridgehead atoms. The van der Waals surface area contributed by atoms with Crippen molar-refractivity contribution in [2.45, 2.75) is 13.5 Å². The highest BCUT2D eigenvalue weighted by Crippen LogP contribution is 2.23. The minimum absolute atomic E-state index is 0.217. The summed E-state index contributed by atoms with van der Waals surface area (Å²) in [7, 11) is 0. The summed E-state index contributed by atoms with van der Waals surface area (Å²) in [6.07, 6.45) is 0. The number of benzene rings is 1. The zero-order valence-corrected chi connectivity index (χ0v) is 12.2. The molecule has 0 radical (unpaired) electrons. The summed E-state index contributed by atoms with van der Waals surface area (Å²) < 4.78 is 18.9. The van der Waals surface area contributed by atoms with Crippen molar-refractivity contribution in [1.29, 1.82) is 0 Å². The highest BCUT2D eigenvalue weighted by Gasteiger charge is 2.07. The molecule has 1 heterocycles. The first kappa shape index (κ1) is 15.0. The van der Waals surface area contributed by atoms with E-state index in [0.717, 1.165) is 0 Å². The predicted octanol–water partition coefficient (Wildman–Crippen LogP) is 4.20. The molecule has 7 heteroatoms. The van der Waals surface area contributed by atoms with Gasteiger partial charge in [0.25, 0.3) is 0 Å². The summed E-state index contributed by atoms with van der Waals surface area (Å²) in [6.45, 7) is 2.65. The van der Waals surface area contributed by atoms with Crippen LogP contribution in [-0.4, -0.2) is 16.6 Å². The number of hydrogen-bond acceptors (Lipinski definition) is 4. The number of aromatic nitrogens is 2. The van der Waals surface area contributed by atoms with Crippen LogP contribution in [0.5, 0.6) is 0 Å². The SMILES string of the molecule is CCOCc1nc(Cl)cc(Nc2cc(Cl)ccc2F)n1. The number of halogens is 3. The van der Waals surface area contributed by atoms with Gasteiger partial charge in [0.2, 0.25) is 0 Å². The lowest BCUT2D eigenvalue weighted by molar-refractivity contribution is 0.128. The fraction of sp³-hybridized carbons (Fsp3) is 0.231. The largest absolute Gasteiger partial charge is 0.374 e. The second kappa shape index (κ2) is 6.83. The third-order valence-electron chi connectivity index (χ3n) is 2.37. The van der Waals surface area contributed by atoms with Crippen LogP contribution in [0.4, 0.5) is 15.9 Å². The van der Waals surface area contributed by atoms with Crippen molar-refractivity contribution in [3.05, 3.63) is 46.1 Å². The maximum atomic E-state index is 13.6. The van der Waals surface area contributed by atoms with Gasteiger partial charge in [-0.15, -0.1) is 0 Å². The Bertz CT molecular complexity index is 610. The van der Waals surface area contributed by atoms with Gasteiger partial charge < -0.3 is 10.1 Å². The van der Waals surface area contributed by atoms with E-state index in [-0.39, 0.29) is 17.4 Å². The van der Waals surface area contributed by atoms with Gasteiger partial charge >= 0.3 is 0 Å². The standard InChI is InChI=1S/C13H12Cl2FN3O/c1-2-20-7-13-18-11(15)6-12(19-13)17-10-5-8(14)3-4-9(10)16/h3-6H,2,7H2,1H3,(H,17,18,19). The minimum Gasteiger partial charge on any atom is -0.374 e. The van der Waals surface area contributed by atoms with E-state index in [1.54, 1.807) is 0 Å². The van der Waals surface area contributed by atoms with E-state index >= 15 is 0 Å². The molecule has 0 spiro atoms. The lowest BCUT2D eigenvalue weighted by atomic mass is 10.3. The van der Waals surface area contributed by atoms with E-state index in [1.807, 2.05) is 6.92 Å². The Balaban J connectivity index is 2.24. The van der Waals surface area contributed by atoms with Gasteiger partial charge in [-0.25, -0.2) is 14.4 Å².